The fourth-order valence-corrected chi connectivity index (χ4v) is 10.3. The molecule has 0 fully saturated rings. The molecule has 0 radical (unpaired) electrons. The third kappa shape index (κ3) is 134. The minimum Gasteiger partial charge on any atom is -0.0928 e. The molecule has 0 saturated heterocycles. The molecule has 0 amide bonds. The largest absolute Gasteiger partial charge is 0.0928 e. The summed E-state index contributed by atoms with van der Waals surface area (Å²) in [5.41, 5.74) is 0. The van der Waals surface area contributed by atoms with Crippen molar-refractivity contribution in [3.8, 4) is 0 Å². The van der Waals surface area contributed by atoms with Gasteiger partial charge in [-0.3, -0.25) is 0 Å². The van der Waals surface area contributed by atoms with Gasteiger partial charge in [0.2, 0.25) is 0 Å². The molecule has 0 aliphatic heterocycles. The van der Waals surface area contributed by atoms with Gasteiger partial charge < -0.3 is 0 Å². The molecule has 0 aromatic heterocycles. The molecule has 0 aromatic carbocycles. The number of hydrogen-bond donors (Lipinski definition) is 0. The Kier molecular flexibility index (Phi) is 130. The molecule has 0 unspecified atom stereocenters. The molecule has 79 heavy (non-hydrogen) atoms. The first kappa shape index (κ1) is 93.2. The second-order valence-electron chi connectivity index (χ2n) is 24.7. The van der Waals surface area contributed by atoms with Crippen molar-refractivity contribution in [2.45, 2.75) is 501 Å². The van der Waals surface area contributed by atoms with E-state index in [4.69, 9.17) is 0 Å². The zero-order chi connectivity index (χ0) is 60.0. The molecule has 0 saturated carbocycles. The van der Waals surface area contributed by atoms with Crippen LogP contribution in [0.1, 0.15) is 501 Å². The van der Waals surface area contributed by atoms with Gasteiger partial charge in [-0.1, -0.05) is 510 Å². The van der Waals surface area contributed by atoms with Crippen molar-refractivity contribution in [3.63, 3.8) is 0 Å². The van der Waals surface area contributed by atoms with Crippen molar-refractivity contribution >= 4 is 15.9 Å². The number of halogens is 1. The van der Waals surface area contributed by atoms with E-state index in [9.17, 15) is 0 Å². The van der Waals surface area contributed by atoms with Gasteiger partial charge in [0.05, 0.1) is 0 Å². The molecule has 0 heterocycles. The Morgan fingerprint density at radius 3 is 0.228 bits per heavy atom. The van der Waals surface area contributed by atoms with Gasteiger partial charge in [0.15, 0.2) is 0 Å². The summed E-state index contributed by atoms with van der Waals surface area (Å²) in [6.07, 6.45) is 92.0. The average molecular weight is 1190 g/mol. The van der Waals surface area contributed by atoms with Crippen LogP contribution in [0.2, 0.25) is 0 Å². The summed E-state index contributed by atoms with van der Waals surface area (Å²) in [4.78, 5) is 0. The van der Waals surface area contributed by atoms with Crippen molar-refractivity contribution in [2.75, 3.05) is 5.33 Å². The number of rotatable bonds is 58. The summed E-state index contributed by atoms with van der Waals surface area (Å²) >= 11 is 3.49. The smallest absolute Gasteiger partial charge is 0.00313 e. The van der Waals surface area contributed by atoms with Crippen LogP contribution in [0.4, 0.5) is 0 Å². The first-order valence-corrected chi connectivity index (χ1v) is 39.6. The maximum Gasteiger partial charge on any atom is 0.00313 e. The van der Waals surface area contributed by atoms with E-state index in [1.54, 1.807) is 0 Å². The van der Waals surface area contributed by atoms with E-state index in [0.29, 0.717) is 0 Å². The van der Waals surface area contributed by atoms with Crippen molar-refractivity contribution in [2.24, 2.45) is 0 Å². The van der Waals surface area contributed by atoms with Crippen molar-refractivity contribution in [1.82, 2.24) is 0 Å². The van der Waals surface area contributed by atoms with E-state index in [0.717, 1.165) is 0 Å². The molecule has 0 aliphatic carbocycles. The highest BCUT2D eigenvalue weighted by Gasteiger charge is 1.96. The molecule has 0 spiro atoms. The zero-order valence-corrected chi connectivity index (χ0v) is 60.9. The number of unbranched alkanes of at least 4 members (excludes halogenated alkanes) is 57. The molecule has 1 heteroatoms. The quantitative estimate of drug-likeness (QED) is 0.0421. The van der Waals surface area contributed by atoms with E-state index in [1.165, 1.54) is 416 Å². The molecular formula is C78H169Br. The Morgan fingerprint density at radius 1 is 0.101 bits per heavy atom. The lowest BCUT2D eigenvalue weighted by Gasteiger charge is -2.03. The van der Waals surface area contributed by atoms with Crippen LogP contribution in [0.15, 0.2) is 0 Å². The van der Waals surface area contributed by atoms with Gasteiger partial charge in [0, 0.05) is 5.33 Å². The Balaban J connectivity index is -0.000000156. The second-order valence-corrected chi connectivity index (χ2v) is 25.5. The minimum absolute atomic E-state index is 1.19. The third-order valence-electron chi connectivity index (χ3n) is 15.7. The lowest BCUT2D eigenvalue weighted by molar-refractivity contribution is 0.532. The van der Waals surface area contributed by atoms with E-state index in [1.807, 2.05) is 0 Å². The SMILES string of the molecule is CCCCCCCCCC.CCCCCCCCCC.CCCCCCCCCC.CCCCCCCCCC.CCCCCCCCCC.CCCCCCCCCC.CCCCCCCCCCCCCCCCCCBr. The maximum absolute atomic E-state index is 3.49. The highest BCUT2D eigenvalue weighted by Crippen LogP contribution is 2.15. The van der Waals surface area contributed by atoms with E-state index < -0.39 is 0 Å². The van der Waals surface area contributed by atoms with Crippen LogP contribution in [0.5, 0.6) is 0 Å². The molecule has 0 atom stereocenters. The highest BCUT2D eigenvalue weighted by atomic mass is 79.9. The monoisotopic (exact) mass is 1190 g/mol. The van der Waals surface area contributed by atoms with Gasteiger partial charge in [0.1, 0.15) is 0 Å². The summed E-state index contributed by atoms with van der Waals surface area (Å²) in [7, 11) is 0. The average Bonchev–Trinajstić information content (AvgIpc) is 3.46. The molecule has 0 aromatic rings. The van der Waals surface area contributed by atoms with Gasteiger partial charge in [0.25, 0.3) is 0 Å². The summed E-state index contributed by atoms with van der Waals surface area (Å²) < 4.78 is 0. The van der Waals surface area contributed by atoms with Gasteiger partial charge in [-0.2, -0.15) is 0 Å². The van der Waals surface area contributed by atoms with Gasteiger partial charge in [-0.05, 0) is 6.42 Å². The topological polar surface area (TPSA) is 0 Å². The molecular weight excluding hydrogens is 1020 g/mol. The first-order valence-electron chi connectivity index (χ1n) is 38.5. The summed E-state index contributed by atoms with van der Waals surface area (Å²) in [5.74, 6) is 0. The standard InChI is InChI=1S/C18H37Br.6C10H22/c1-2-3-4-5-6-7-8-9-10-11-12-13-14-15-16-17-18-19;6*1-3-5-7-9-10-8-6-4-2/h2-18H2,1H3;6*3-10H2,1-2H3. The fourth-order valence-electron chi connectivity index (χ4n) is 9.89. The summed E-state index contributed by atoms with van der Waals surface area (Å²) in [6.45, 7) is 29.5. The Labute approximate surface area is 519 Å². The van der Waals surface area contributed by atoms with Crippen LogP contribution in [-0.4, -0.2) is 5.33 Å². The Morgan fingerprint density at radius 2 is 0.165 bits per heavy atom. The lowest BCUT2D eigenvalue weighted by Crippen LogP contribution is -1.83. The van der Waals surface area contributed by atoms with Crippen LogP contribution >= 0.6 is 15.9 Å². The molecule has 0 rings (SSSR count). The molecule has 0 aliphatic rings. The number of alkyl halides is 1. The van der Waals surface area contributed by atoms with Crippen molar-refractivity contribution in [1.29, 1.82) is 0 Å². The molecule has 0 bridgehead atoms. The lowest BCUT2D eigenvalue weighted by atomic mass is 10.0. The van der Waals surface area contributed by atoms with E-state index in [2.05, 4.69) is 106 Å². The van der Waals surface area contributed by atoms with E-state index >= 15 is 0 Å². The maximum atomic E-state index is 3.49. The van der Waals surface area contributed by atoms with Crippen LogP contribution in [0.3, 0.4) is 0 Å². The van der Waals surface area contributed by atoms with Crippen LogP contribution in [-0.2, 0) is 0 Å². The minimum atomic E-state index is 1.19. The van der Waals surface area contributed by atoms with Crippen LogP contribution in [0, 0.1) is 0 Å². The van der Waals surface area contributed by atoms with Crippen LogP contribution < -0.4 is 0 Å². The number of hydrogen-bond acceptors (Lipinski definition) is 0. The van der Waals surface area contributed by atoms with E-state index in [-0.39, 0.29) is 0 Å². The van der Waals surface area contributed by atoms with Crippen molar-refractivity contribution in [3.05, 3.63) is 0 Å². The summed E-state index contributed by atoms with van der Waals surface area (Å²) in [6, 6.07) is 0. The van der Waals surface area contributed by atoms with Gasteiger partial charge in [-0.15, -0.1) is 0 Å². The second kappa shape index (κ2) is 110. The fraction of sp³-hybridized carbons (Fsp3) is 1.00. The van der Waals surface area contributed by atoms with Gasteiger partial charge >= 0.3 is 0 Å². The predicted molar refractivity (Wildman–Crippen MR) is 383 cm³/mol. The normalized spacial score (nSPS) is 10.4. The Bertz CT molecular complexity index is 603. The third-order valence-corrected chi connectivity index (χ3v) is 16.3. The molecule has 0 N–H and O–H groups in total. The zero-order valence-electron chi connectivity index (χ0n) is 59.3. The molecule has 0 nitrogen and oxygen atoms in total. The van der Waals surface area contributed by atoms with Gasteiger partial charge in [-0.25, -0.2) is 0 Å². The first-order chi connectivity index (χ1) is 38.9. The predicted octanol–water partition coefficient (Wildman–Crippen LogP) is 32.5. The highest BCUT2D eigenvalue weighted by molar-refractivity contribution is 9.09. The van der Waals surface area contributed by atoms with Crippen molar-refractivity contribution < 1.29 is 0 Å². The van der Waals surface area contributed by atoms with Crippen LogP contribution in [0.25, 0.3) is 0 Å². The Hall–Kier alpha value is 0.480. The summed E-state index contributed by atoms with van der Waals surface area (Å²) in [5, 5.41) is 1.19. The molecule has 488 valence electrons.